The summed E-state index contributed by atoms with van der Waals surface area (Å²) in [4.78, 5) is 25.0. The molecule has 0 aromatic heterocycles. The molecule has 0 spiro atoms. The Kier molecular flexibility index (Phi) is 2.19. The minimum Gasteiger partial charge on any atom is -0.273 e. The summed E-state index contributed by atoms with van der Waals surface area (Å²) in [5.41, 5.74) is 0. The van der Waals surface area contributed by atoms with Crippen molar-refractivity contribution in [3.63, 3.8) is 0 Å². The van der Waals surface area contributed by atoms with Gasteiger partial charge in [0.05, 0.1) is 11.8 Å². The van der Waals surface area contributed by atoms with Gasteiger partial charge in [-0.3, -0.25) is 9.59 Å². The number of carbonyl (C=O) groups is 2. The molecule has 0 radical (unpaired) electrons. The minimum absolute atomic E-state index is 0.0468. The Morgan fingerprint density at radius 2 is 1.44 bits per heavy atom. The number of hydrogen-bond donors (Lipinski definition) is 0. The molecule has 4 rings (SSSR count). The van der Waals surface area contributed by atoms with E-state index in [2.05, 4.69) is 12.2 Å². The Hall–Kier alpha value is -1.16. The number of allylic oxidation sites excluding steroid dienone is 2. The summed E-state index contributed by atoms with van der Waals surface area (Å²) in [6.45, 7) is 1.72. The number of hydrazine groups is 1. The molecule has 0 aromatic rings. The Labute approximate surface area is 107 Å². The van der Waals surface area contributed by atoms with Gasteiger partial charge in [-0.15, -0.1) is 0 Å². The first-order chi connectivity index (χ1) is 8.77. The molecule has 0 aromatic carbocycles. The molecule has 1 saturated carbocycles. The van der Waals surface area contributed by atoms with E-state index < -0.39 is 0 Å². The first kappa shape index (κ1) is 10.7. The third kappa shape index (κ3) is 1.24. The zero-order chi connectivity index (χ0) is 12.3. The third-order valence-corrected chi connectivity index (χ3v) is 5.06. The van der Waals surface area contributed by atoms with Crippen molar-refractivity contribution in [2.45, 2.75) is 25.7 Å². The van der Waals surface area contributed by atoms with Gasteiger partial charge in [-0.05, 0) is 31.1 Å². The standard InChI is InChI=1S/C14H18N2O2/c17-13-11-9-4-5-10(8-9)12(11)14(18)16(13)15-6-2-1-3-7-15/h4-5,9-12H,1-3,6-8H2. The van der Waals surface area contributed by atoms with Crippen LogP contribution in [0.5, 0.6) is 0 Å². The van der Waals surface area contributed by atoms with E-state index in [1.165, 1.54) is 11.4 Å². The monoisotopic (exact) mass is 246 g/mol. The number of nitrogens with zero attached hydrogens (tertiary/aromatic N) is 2. The highest BCUT2D eigenvalue weighted by Gasteiger charge is 2.60. The number of fused-ring (bicyclic) bond motifs is 5. The molecule has 2 saturated heterocycles. The summed E-state index contributed by atoms with van der Waals surface area (Å²) in [6, 6.07) is 0. The van der Waals surface area contributed by atoms with Gasteiger partial charge in [0.1, 0.15) is 0 Å². The van der Waals surface area contributed by atoms with Gasteiger partial charge in [0, 0.05) is 13.1 Å². The van der Waals surface area contributed by atoms with E-state index in [9.17, 15) is 9.59 Å². The van der Waals surface area contributed by atoms with Crippen LogP contribution >= 0.6 is 0 Å². The quantitative estimate of drug-likeness (QED) is 0.515. The van der Waals surface area contributed by atoms with E-state index in [4.69, 9.17) is 0 Å². The summed E-state index contributed by atoms with van der Waals surface area (Å²) in [5, 5.41) is 3.49. The number of amides is 2. The van der Waals surface area contributed by atoms with Gasteiger partial charge >= 0.3 is 0 Å². The van der Waals surface area contributed by atoms with Gasteiger partial charge in [-0.25, -0.2) is 10.0 Å². The average Bonchev–Trinajstić information content (AvgIpc) is 3.05. The summed E-state index contributed by atoms with van der Waals surface area (Å²) in [6.07, 6.45) is 8.72. The molecule has 2 aliphatic carbocycles. The van der Waals surface area contributed by atoms with Gasteiger partial charge in [-0.1, -0.05) is 18.6 Å². The molecule has 2 amide bonds. The van der Waals surface area contributed by atoms with E-state index in [1.807, 2.05) is 5.01 Å². The van der Waals surface area contributed by atoms with E-state index in [0.717, 1.165) is 32.4 Å². The van der Waals surface area contributed by atoms with Gasteiger partial charge in [0.25, 0.3) is 0 Å². The van der Waals surface area contributed by atoms with Crippen LogP contribution in [0, 0.1) is 23.7 Å². The second-order valence-corrected chi connectivity index (χ2v) is 6.00. The van der Waals surface area contributed by atoms with Crippen molar-refractivity contribution in [2.24, 2.45) is 23.7 Å². The van der Waals surface area contributed by atoms with Crippen molar-refractivity contribution in [3.8, 4) is 0 Å². The van der Waals surface area contributed by atoms with Crippen LogP contribution in [0.25, 0.3) is 0 Å². The Morgan fingerprint density at radius 1 is 0.889 bits per heavy atom. The zero-order valence-corrected chi connectivity index (χ0v) is 10.4. The second kappa shape index (κ2) is 3.67. The van der Waals surface area contributed by atoms with Gasteiger partial charge in [0.15, 0.2) is 0 Å². The van der Waals surface area contributed by atoms with E-state index in [-0.39, 0.29) is 23.7 Å². The van der Waals surface area contributed by atoms with Crippen LogP contribution < -0.4 is 0 Å². The second-order valence-electron chi connectivity index (χ2n) is 6.00. The molecule has 4 unspecified atom stereocenters. The average molecular weight is 246 g/mol. The lowest BCUT2D eigenvalue weighted by Crippen LogP contribution is -2.49. The topological polar surface area (TPSA) is 40.6 Å². The van der Waals surface area contributed by atoms with Crippen LogP contribution in [0.3, 0.4) is 0 Å². The van der Waals surface area contributed by atoms with Crippen LogP contribution in [0.15, 0.2) is 12.2 Å². The maximum Gasteiger partial charge on any atom is 0.248 e. The van der Waals surface area contributed by atoms with Crippen molar-refractivity contribution >= 4 is 11.8 Å². The van der Waals surface area contributed by atoms with Crippen molar-refractivity contribution < 1.29 is 9.59 Å². The number of hydrogen-bond acceptors (Lipinski definition) is 3. The van der Waals surface area contributed by atoms with Gasteiger partial charge in [0.2, 0.25) is 11.8 Å². The Balaban J connectivity index is 1.63. The molecule has 4 heteroatoms. The predicted molar refractivity (Wildman–Crippen MR) is 65.0 cm³/mol. The number of imide groups is 1. The van der Waals surface area contributed by atoms with E-state index in [1.54, 1.807) is 0 Å². The van der Waals surface area contributed by atoms with Crippen LogP contribution in [-0.4, -0.2) is 34.9 Å². The van der Waals surface area contributed by atoms with Crippen LogP contribution in [0.1, 0.15) is 25.7 Å². The lowest BCUT2D eigenvalue weighted by atomic mass is 9.85. The fourth-order valence-corrected chi connectivity index (χ4v) is 4.24. The molecule has 2 heterocycles. The normalized spacial score (nSPS) is 43.0. The van der Waals surface area contributed by atoms with Crippen molar-refractivity contribution in [2.75, 3.05) is 13.1 Å². The lowest BCUT2D eigenvalue weighted by molar-refractivity contribution is -0.161. The highest BCUT2D eigenvalue weighted by atomic mass is 16.2. The van der Waals surface area contributed by atoms with Crippen LogP contribution in [0.4, 0.5) is 0 Å². The first-order valence-electron chi connectivity index (χ1n) is 7.08. The summed E-state index contributed by atoms with van der Waals surface area (Å²) in [5.74, 6) is 0.703. The fourth-order valence-electron chi connectivity index (χ4n) is 4.24. The maximum absolute atomic E-state index is 12.5. The van der Waals surface area contributed by atoms with Crippen LogP contribution in [-0.2, 0) is 9.59 Å². The van der Waals surface area contributed by atoms with Crippen LogP contribution in [0.2, 0.25) is 0 Å². The van der Waals surface area contributed by atoms with E-state index >= 15 is 0 Å². The molecule has 4 aliphatic rings. The van der Waals surface area contributed by atoms with Crippen molar-refractivity contribution in [3.05, 3.63) is 12.2 Å². The summed E-state index contributed by atoms with van der Waals surface area (Å²) in [7, 11) is 0. The molecule has 4 nitrogen and oxygen atoms in total. The molecular weight excluding hydrogens is 228 g/mol. The predicted octanol–water partition coefficient (Wildman–Crippen LogP) is 1.19. The summed E-state index contributed by atoms with van der Waals surface area (Å²) < 4.78 is 0. The van der Waals surface area contributed by atoms with E-state index in [0.29, 0.717) is 11.8 Å². The summed E-state index contributed by atoms with van der Waals surface area (Å²) >= 11 is 0. The molecule has 96 valence electrons. The molecule has 18 heavy (non-hydrogen) atoms. The SMILES string of the molecule is O=C1C2C3C=CC(C3)C2C(=O)N1N1CCCCC1. The first-order valence-corrected chi connectivity index (χ1v) is 7.08. The fraction of sp³-hybridized carbons (Fsp3) is 0.714. The lowest BCUT2D eigenvalue weighted by Gasteiger charge is -2.33. The molecule has 2 aliphatic heterocycles. The zero-order valence-electron chi connectivity index (χ0n) is 10.4. The number of rotatable bonds is 1. The highest BCUT2D eigenvalue weighted by molar-refractivity contribution is 6.05. The Bertz CT molecular complexity index is 409. The number of piperidine rings is 1. The molecule has 2 bridgehead atoms. The van der Waals surface area contributed by atoms with Gasteiger partial charge in [-0.2, -0.15) is 0 Å². The highest BCUT2D eigenvalue weighted by Crippen LogP contribution is 2.52. The molecule has 3 fully saturated rings. The van der Waals surface area contributed by atoms with Crippen molar-refractivity contribution in [1.29, 1.82) is 0 Å². The molecule has 4 atom stereocenters. The third-order valence-electron chi connectivity index (χ3n) is 5.06. The number of carbonyl (C=O) groups excluding carboxylic acids is 2. The smallest absolute Gasteiger partial charge is 0.248 e. The Morgan fingerprint density at radius 3 is 2.00 bits per heavy atom. The largest absolute Gasteiger partial charge is 0.273 e. The van der Waals surface area contributed by atoms with Crippen molar-refractivity contribution in [1.82, 2.24) is 10.0 Å². The molecular formula is C14H18N2O2. The maximum atomic E-state index is 12.5. The van der Waals surface area contributed by atoms with Gasteiger partial charge < -0.3 is 0 Å². The minimum atomic E-state index is -0.0468. The molecule has 0 N–H and O–H groups in total.